The lowest BCUT2D eigenvalue weighted by atomic mass is 9.81. The van der Waals surface area contributed by atoms with E-state index in [9.17, 15) is 9.59 Å². The number of nitrogens with zero attached hydrogens (tertiary/aromatic N) is 1. The summed E-state index contributed by atoms with van der Waals surface area (Å²) in [5.41, 5.74) is 1.12. The van der Waals surface area contributed by atoms with Gasteiger partial charge in [0.2, 0.25) is 5.91 Å². The maximum Gasteiger partial charge on any atom is 0.321 e. The first-order valence-electron chi connectivity index (χ1n) is 9.52. The second-order valence-electron chi connectivity index (χ2n) is 7.42. The SMILES string of the molecule is COc1cccc(CNC(=O)C2(C)CCCN(C(=O)Nc3ccccc3)C2)c1. The van der Waals surface area contributed by atoms with E-state index in [1.807, 2.05) is 61.5 Å². The number of carbonyl (C=O) groups is 2. The number of para-hydroxylation sites is 1. The van der Waals surface area contributed by atoms with Gasteiger partial charge in [0, 0.05) is 25.3 Å². The van der Waals surface area contributed by atoms with Crippen LogP contribution in [0, 0.1) is 5.41 Å². The molecule has 0 spiro atoms. The number of methoxy groups -OCH3 is 1. The maximum absolute atomic E-state index is 12.9. The van der Waals surface area contributed by atoms with Gasteiger partial charge in [0.05, 0.1) is 12.5 Å². The molecule has 28 heavy (non-hydrogen) atoms. The fourth-order valence-electron chi connectivity index (χ4n) is 3.50. The van der Waals surface area contributed by atoms with Crippen molar-refractivity contribution in [3.8, 4) is 5.75 Å². The summed E-state index contributed by atoms with van der Waals surface area (Å²) in [6.45, 7) is 3.41. The molecule has 1 aliphatic heterocycles. The molecule has 3 rings (SSSR count). The van der Waals surface area contributed by atoms with E-state index in [1.54, 1.807) is 12.0 Å². The Morgan fingerprint density at radius 1 is 1.14 bits per heavy atom. The molecule has 6 nitrogen and oxygen atoms in total. The number of ether oxygens (including phenoxy) is 1. The molecule has 1 heterocycles. The van der Waals surface area contributed by atoms with Crippen molar-refractivity contribution >= 4 is 17.6 Å². The van der Waals surface area contributed by atoms with Crippen LogP contribution in [0.15, 0.2) is 54.6 Å². The van der Waals surface area contributed by atoms with Gasteiger partial charge in [-0.1, -0.05) is 30.3 Å². The van der Waals surface area contributed by atoms with Crippen LogP contribution in [0.4, 0.5) is 10.5 Å². The van der Waals surface area contributed by atoms with Crippen molar-refractivity contribution in [2.24, 2.45) is 5.41 Å². The highest BCUT2D eigenvalue weighted by Gasteiger charge is 2.39. The minimum Gasteiger partial charge on any atom is -0.497 e. The predicted molar refractivity (Wildman–Crippen MR) is 109 cm³/mol. The average molecular weight is 381 g/mol. The Labute approximate surface area is 165 Å². The number of hydrogen-bond acceptors (Lipinski definition) is 3. The molecular formula is C22H27N3O3. The Morgan fingerprint density at radius 2 is 1.93 bits per heavy atom. The molecule has 0 saturated carbocycles. The Balaban J connectivity index is 1.59. The molecule has 6 heteroatoms. The van der Waals surface area contributed by atoms with Crippen molar-refractivity contribution in [2.75, 3.05) is 25.5 Å². The first-order valence-corrected chi connectivity index (χ1v) is 9.52. The highest BCUT2D eigenvalue weighted by molar-refractivity contribution is 5.90. The highest BCUT2D eigenvalue weighted by Crippen LogP contribution is 2.30. The maximum atomic E-state index is 12.9. The Kier molecular flexibility index (Phi) is 6.19. The van der Waals surface area contributed by atoms with Crippen molar-refractivity contribution in [3.63, 3.8) is 0 Å². The van der Waals surface area contributed by atoms with E-state index in [-0.39, 0.29) is 11.9 Å². The van der Waals surface area contributed by atoms with E-state index in [0.717, 1.165) is 29.8 Å². The van der Waals surface area contributed by atoms with Crippen LogP contribution >= 0.6 is 0 Å². The molecule has 3 amide bonds. The number of urea groups is 1. The number of anilines is 1. The van der Waals surface area contributed by atoms with Crippen LogP contribution in [0.2, 0.25) is 0 Å². The minimum atomic E-state index is -0.606. The smallest absolute Gasteiger partial charge is 0.321 e. The lowest BCUT2D eigenvalue weighted by Crippen LogP contribution is -2.52. The van der Waals surface area contributed by atoms with Crippen molar-refractivity contribution in [1.29, 1.82) is 0 Å². The van der Waals surface area contributed by atoms with Gasteiger partial charge in [-0.05, 0) is 49.6 Å². The van der Waals surface area contributed by atoms with Crippen molar-refractivity contribution in [1.82, 2.24) is 10.2 Å². The fraction of sp³-hybridized carbons (Fsp3) is 0.364. The molecule has 1 aliphatic rings. The summed E-state index contributed by atoms with van der Waals surface area (Å²) in [5.74, 6) is 0.729. The molecule has 1 unspecified atom stereocenters. The Morgan fingerprint density at radius 3 is 2.68 bits per heavy atom. The molecule has 0 radical (unpaired) electrons. The van der Waals surface area contributed by atoms with Gasteiger partial charge in [-0.3, -0.25) is 4.79 Å². The number of piperidine rings is 1. The number of benzene rings is 2. The van der Waals surface area contributed by atoms with E-state index >= 15 is 0 Å². The van der Waals surface area contributed by atoms with Gasteiger partial charge in [-0.25, -0.2) is 4.79 Å². The zero-order valence-electron chi connectivity index (χ0n) is 16.4. The van der Waals surface area contributed by atoms with E-state index in [1.165, 1.54) is 0 Å². The van der Waals surface area contributed by atoms with Crippen LogP contribution in [0.5, 0.6) is 5.75 Å². The molecule has 2 aromatic carbocycles. The van der Waals surface area contributed by atoms with E-state index in [4.69, 9.17) is 4.74 Å². The van der Waals surface area contributed by atoms with Crippen LogP contribution in [0.1, 0.15) is 25.3 Å². The van der Waals surface area contributed by atoms with Crippen LogP contribution in [-0.4, -0.2) is 37.0 Å². The van der Waals surface area contributed by atoms with Crippen molar-refractivity contribution < 1.29 is 14.3 Å². The molecule has 2 aromatic rings. The topological polar surface area (TPSA) is 70.7 Å². The normalized spacial score (nSPS) is 19.0. The zero-order valence-corrected chi connectivity index (χ0v) is 16.4. The van der Waals surface area contributed by atoms with Crippen LogP contribution in [0.3, 0.4) is 0 Å². The Hall–Kier alpha value is -3.02. The number of rotatable bonds is 5. The summed E-state index contributed by atoms with van der Waals surface area (Å²) in [6, 6.07) is 16.8. The highest BCUT2D eigenvalue weighted by atomic mass is 16.5. The van der Waals surface area contributed by atoms with Gasteiger partial charge >= 0.3 is 6.03 Å². The lowest BCUT2D eigenvalue weighted by Gasteiger charge is -2.39. The first-order chi connectivity index (χ1) is 13.5. The third kappa shape index (κ3) is 4.82. The number of likely N-dealkylation sites (tertiary alicyclic amines) is 1. The largest absolute Gasteiger partial charge is 0.497 e. The van der Waals surface area contributed by atoms with Gasteiger partial charge in [0.15, 0.2) is 0 Å². The standard InChI is InChI=1S/C22H27N3O3/c1-22(20(26)23-15-17-8-6-11-19(14-17)28-2)12-7-13-25(16-22)21(27)24-18-9-4-3-5-10-18/h3-6,8-11,14H,7,12-13,15-16H2,1-2H3,(H,23,26)(H,24,27). The summed E-state index contributed by atoms with van der Waals surface area (Å²) < 4.78 is 5.22. The molecular weight excluding hydrogens is 354 g/mol. The lowest BCUT2D eigenvalue weighted by molar-refractivity contribution is -0.132. The molecule has 1 fully saturated rings. The molecule has 148 valence electrons. The number of amides is 3. The molecule has 0 aromatic heterocycles. The summed E-state index contributed by atoms with van der Waals surface area (Å²) >= 11 is 0. The monoisotopic (exact) mass is 381 g/mol. The van der Waals surface area contributed by atoms with Crippen LogP contribution in [-0.2, 0) is 11.3 Å². The van der Waals surface area contributed by atoms with Gasteiger partial charge in [-0.2, -0.15) is 0 Å². The summed E-state index contributed by atoms with van der Waals surface area (Å²) in [5, 5.41) is 5.92. The minimum absolute atomic E-state index is 0.0347. The van der Waals surface area contributed by atoms with Gasteiger partial charge in [0.1, 0.15) is 5.75 Å². The molecule has 1 saturated heterocycles. The first kappa shape index (κ1) is 19.7. The summed E-state index contributed by atoms with van der Waals surface area (Å²) in [7, 11) is 1.62. The van der Waals surface area contributed by atoms with Crippen LogP contribution < -0.4 is 15.4 Å². The van der Waals surface area contributed by atoms with E-state index in [2.05, 4.69) is 10.6 Å². The second-order valence-corrected chi connectivity index (χ2v) is 7.42. The van der Waals surface area contributed by atoms with Gasteiger partial charge < -0.3 is 20.3 Å². The van der Waals surface area contributed by atoms with Crippen molar-refractivity contribution in [2.45, 2.75) is 26.3 Å². The molecule has 0 aliphatic carbocycles. The average Bonchev–Trinajstić information content (AvgIpc) is 2.73. The van der Waals surface area contributed by atoms with Gasteiger partial charge in [-0.15, -0.1) is 0 Å². The molecule has 0 bridgehead atoms. The number of carbonyl (C=O) groups excluding carboxylic acids is 2. The zero-order chi connectivity index (χ0) is 20.0. The summed E-state index contributed by atoms with van der Waals surface area (Å²) in [6.07, 6.45) is 1.55. The number of nitrogens with one attached hydrogen (secondary N) is 2. The van der Waals surface area contributed by atoms with E-state index < -0.39 is 5.41 Å². The fourth-order valence-corrected chi connectivity index (χ4v) is 3.50. The Bertz CT molecular complexity index is 825. The van der Waals surface area contributed by atoms with Crippen molar-refractivity contribution in [3.05, 3.63) is 60.2 Å². The third-order valence-electron chi connectivity index (χ3n) is 5.14. The van der Waals surface area contributed by atoms with Crippen LogP contribution in [0.25, 0.3) is 0 Å². The quantitative estimate of drug-likeness (QED) is 0.831. The van der Waals surface area contributed by atoms with E-state index in [0.29, 0.717) is 19.6 Å². The third-order valence-corrected chi connectivity index (χ3v) is 5.14. The predicted octanol–water partition coefficient (Wildman–Crippen LogP) is 3.65. The second kappa shape index (κ2) is 8.78. The number of hydrogen-bond donors (Lipinski definition) is 2. The molecule has 2 N–H and O–H groups in total. The van der Waals surface area contributed by atoms with Gasteiger partial charge in [0.25, 0.3) is 0 Å². The molecule has 1 atom stereocenters. The summed E-state index contributed by atoms with van der Waals surface area (Å²) in [4.78, 5) is 27.2.